The minimum atomic E-state index is -4.30. The second-order valence-electron chi connectivity index (χ2n) is 1.97. The smallest absolute Gasteiger partial charge is 0.160 e. The molecule has 0 aromatic rings. The molecule has 0 fully saturated rings. The molecule has 0 aromatic carbocycles. The molecule has 54 valence electrons. The Kier molecular flexibility index (Phi) is 1.41. The number of hydrogen-bond acceptors (Lipinski definition) is 0. The highest BCUT2D eigenvalue weighted by molar-refractivity contribution is 6.11. The minimum Gasteiger partial charge on any atom is -0.160 e. The maximum atomic E-state index is 11.7. The molecule has 0 saturated heterocycles. The molecule has 0 bridgehead atoms. The van der Waals surface area contributed by atoms with Crippen LogP contribution in [0.25, 0.3) is 0 Å². The predicted octanol–water partition coefficient (Wildman–Crippen LogP) is 1.09. The predicted molar refractivity (Wildman–Crippen MR) is 33.0 cm³/mol. The van der Waals surface area contributed by atoms with E-state index >= 15 is 0 Å². The molecule has 0 saturated carbocycles. The Balaban J connectivity index is 2.99. The van der Waals surface area contributed by atoms with E-state index in [0.717, 1.165) is 6.08 Å². The summed E-state index contributed by atoms with van der Waals surface area (Å²) in [4.78, 5) is 0. The van der Waals surface area contributed by atoms with E-state index in [1.807, 2.05) is 0 Å². The van der Waals surface area contributed by atoms with Gasteiger partial charge in [0.05, 0.1) is 0 Å². The zero-order valence-corrected chi connectivity index (χ0v) is 5.24. The number of hydrogen-bond donors (Lipinski definition) is 0. The monoisotopic (exact) mass is 148 g/mol. The first-order valence-corrected chi connectivity index (χ1v) is 2.67. The van der Waals surface area contributed by atoms with Crippen LogP contribution in [-0.2, 0) is 0 Å². The second-order valence-corrected chi connectivity index (χ2v) is 1.97. The van der Waals surface area contributed by atoms with Gasteiger partial charge in [0.1, 0.15) is 0 Å². The highest BCUT2D eigenvalue weighted by Crippen LogP contribution is 2.17. The van der Waals surface area contributed by atoms with Crippen LogP contribution in [0, 0.1) is 0 Å². The molecule has 0 amide bonds. The summed E-state index contributed by atoms with van der Waals surface area (Å²) in [7, 11) is 0. The van der Waals surface area contributed by atoms with Crippen molar-refractivity contribution >= 4 is 11.4 Å². The number of rotatable bonds is 0. The van der Waals surface area contributed by atoms with Crippen molar-refractivity contribution in [1.29, 1.82) is 0 Å². The van der Waals surface area contributed by atoms with E-state index in [0.29, 0.717) is 5.71 Å². The van der Waals surface area contributed by atoms with Crippen LogP contribution in [0.5, 0.6) is 0 Å². The van der Waals surface area contributed by atoms with Gasteiger partial charge >= 0.3 is 17.6 Å². The largest absolute Gasteiger partial charge is 0.495 e. The highest BCUT2D eigenvalue weighted by Gasteiger charge is 2.44. The Labute approximate surface area is 55.6 Å². The van der Waals surface area contributed by atoms with E-state index < -0.39 is 11.9 Å². The molecule has 0 aromatic heterocycles. The van der Waals surface area contributed by atoms with Gasteiger partial charge in [0.15, 0.2) is 0 Å². The topological polar surface area (TPSA) is 14.1 Å². The molecule has 4 heteroatoms. The van der Waals surface area contributed by atoms with Crippen LogP contribution in [-0.4, -0.2) is 17.6 Å². The van der Waals surface area contributed by atoms with Gasteiger partial charge in [-0.05, 0) is 0 Å². The first-order valence-electron chi connectivity index (χ1n) is 2.67. The van der Waals surface area contributed by atoms with Crippen molar-refractivity contribution in [1.82, 2.24) is 4.67 Å². The molecule has 0 atom stereocenters. The zero-order valence-electron chi connectivity index (χ0n) is 5.24. The quantitative estimate of drug-likeness (QED) is 0.456. The van der Waals surface area contributed by atoms with Crippen molar-refractivity contribution in [3.8, 4) is 0 Å². The van der Waals surface area contributed by atoms with Gasteiger partial charge < -0.3 is 0 Å². The van der Waals surface area contributed by atoms with Gasteiger partial charge in [0.2, 0.25) is 0 Å². The molecule has 0 radical (unpaired) electrons. The molecule has 1 rings (SSSR count). The molecule has 10 heavy (non-hydrogen) atoms. The van der Waals surface area contributed by atoms with Crippen LogP contribution in [0.1, 0.15) is 6.92 Å². The molecule has 1 nitrogen and oxygen atoms in total. The van der Waals surface area contributed by atoms with Gasteiger partial charge in [-0.2, -0.15) is 13.2 Å². The van der Waals surface area contributed by atoms with E-state index in [1.165, 1.54) is 13.0 Å². The van der Waals surface area contributed by atoms with Crippen molar-refractivity contribution in [2.24, 2.45) is 0 Å². The summed E-state index contributed by atoms with van der Waals surface area (Å²) in [6.07, 6.45) is -1.99. The Morgan fingerprint density at radius 2 is 1.90 bits per heavy atom. The van der Waals surface area contributed by atoms with Gasteiger partial charge in [-0.25, -0.2) is 0 Å². The van der Waals surface area contributed by atoms with Crippen LogP contribution < -0.4 is 4.67 Å². The average Bonchev–Trinajstić information content (AvgIpc) is 2.11. The Morgan fingerprint density at radius 1 is 1.30 bits per heavy atom. The van der Waals surface area contributed by atoms with E-state index in [1.54, 1.807) is 0 Å². The van der Waals surface area contributed by atoms with Crippen molar-refractivity contribution in [2.45, 2.75) is 13.1 Å². The molecule has 0 aliphatic carbocycles. The molecule has 0 spiro atoms. The SMILES string of the molecule is CC1=[N+]=C(C(F)(F)F)C=C1. The Bertz CT molecular complexity index is 240. The van der Waals surface area contributed by atoms with Crippen molar-refractivity contribution in [2.75, 3.05) is 0 Å². The molecule has 1 aliphatic heterocycles. The zero-order chi connectivity index (χ0) is 7.78. The Hall–Kier alpha value is -1.02. The third-order valence-corrected chi connectivity index (χ3v) is 1.07. The van der Waals surface area contributed by atoms with E-state index in [9.17, 15) is 13.2 Å². The van der Waals surface area contributed by atoms with E-state index in [2.05, 4.69) is 4.67 Å². The Morgan fingerprint density at radius 3 is 2.10 bits per heavy atom. The number of nitrogens with zero attached hydrogens (tertiary/aromatic N) is 1. The van der Waals surface area contributed by atoms with Gasteiger partial charge in [0, 0.05) is 19.1 Å². The average molecular weight is 148 g/mol. The van der Waals surface area contributed by atoms with Gasteiger partial charge in [-0.3, -0.25) is 0 Å². The summed E-state index contributed by atoms with van der Waals surface area (Å²) < 4.78 is 38.5. The third kappa shape index (κ3) is 1.28. The third-order valence-electron chi connectivity index (χ3n) is 1.07. The van der Waals surface area contributed by atoms with Crippen LogP contribution in [0.2, 0.25) is 0 Å². The van der Waals surface area contributed by atoms with Crippen molar-refractivity contribution < 1.29 is 13.2 Å². The summed E-state index contributed by atoms with van der Waals surface area (Å²) in [5, 5.41) is 0. The normalized spacial score (nSPS) is 17.2. The number of allylic oxidation sites excluding steroid dienone is 2. The lowest BCUT2D eigenvalue weighted by molar-refractivity contribution is -0.0577. The van der Waals surface area contributed by atoms with Gasteiger partial charge in [-0.1, -0.05) is 4.67 Å². The van der Waals surface area contributed by atoms with Crippen LogP contribution in [0.3, 0.4) is 0 Å². The maximum absolute atomic E-state index is 11.7. The fraction of sp³-hybridized carbons (Fsp3) is 0.333. The minimum absolute atomic E-state index is 0.396. The lowest BCUT2D eigenvalue weighted by atomic mass is 10.3. The molecular weight excluding hydrogens is 143 g/mol. The van der Waals surface area contributed by atoms with E-state index in [-0.39, 0.29) is 0 Å². The first-order chi connectivity index (χ1) is 4.50. The molecular formula is C6H5F3N+. The fourth-order valence-corrected chi connectivity index (χ4v) is 0.622. The van der Waals surface area contributed by atoms with Crippen LogP contribution in [0.4, 0.5) is 13.2 Å². The van der Waals surface area contributed by atoms with Crippen LogP contribution >= 0.6 is 0 Å². The standard InChI is InChI=1S/C6H5F3N/c1-4-2-3-5(10-4)6(7,8)9/h2-3H,1H3/q+1. The van der Waals surface area contributed by atoms with Gasteiger partial charge in [-0.15, -0.1) is 0 Å². The number of halogens is 3. The van der Waals surface area contributed by atoms with Gasteiger partial charge in [0.25, 0.3) is 0 Å². The summed E-state index contributed by atoms with van der Waals surface area (Å²) in [6, 6.07) is 0. The summed E-state index contributed by atoms with van der Waals surface area (Å²) in [6.45, 7) is 1.52. The maximum Gasteiger partial charge on any atom is 0.495 e. The van der Waals surface area contributed by atoms with Crippen molar-refractivity contribution in [3.63, 3.8) is 0 Å². The fourth-order valence-electron chi connectivity index (χ4n) is 0.622. The molecule has 1 heterocycles. The number of alkyl halides is 3. The molecule has 0 unspecified atom stereocenters. The highest BCUT2D eigenvalue weighted by atomic mass is 19.4. The van der Waals surface area contributed by atoms with Crippen molar-refractivity contribution in [3.05, 3.63) is 12.2 Å². The summed E-state index contributed by atoms with van der Waals surface area (Å²) >= 11 is 0. The lowest BCUT2D eigenvalue weighted by Crippen LogP contribution is -2.21. The molecule has 0 N–H and O–H groups in total. The summed E-state index contributed by atoms with van der Waals surface area (Å²) in [5.74, 6) is 0. The van der Waals surface area contributed by atoms with Crippen LogP contribution in [0.15, 0.2) is 12.2 Å². The second kappa shape index (κ2) is 1.99. The molecule has 1 aliphatic rings. The lowest BCUT2D eigenvalue weighted by Gasteiger charge is -1.91. The first kappa shape index (κ1) is 7.09. The van der Waals surface area contributed by atoms with E-state index in [4.69, 9.17) is 0 Å². The summed E-state index contributed by atoms with van der Waals surface area (Å²) in [5.41, 5.74) is -0.419.